The summed E-state index contributed by atoms with van der Waals surface area (Å²) in [4.78, 5) is 19.2. The number of hydrogen-bond donors (Lipinski definition) is 1. The molecule has 3 heterocycles. The number of aryl methyl sites for hydroxylation is 2. The first kappa shape index (κ1) is 16.6. The standard InChI is InChI=1S/C17H22N4O3/c1-12-16(13(2)24-20-12)17(22)19-11-15(14-5-3-4-6-18-14)21-7-9-23-10-8-21/h3-6,15H,7-11H2,1-2H3,(H,19,22). The molecule has 0 radical (unpaired) electrons. The quantitative estimate of drug-likeness (QED) is 0.895. The van der Waals surface area contributed by atoms with Gasteiger partial charge in [-0.05, 0) is 26.0 Å². The molecule has 128 valence electrons. The fourth-order valence-corrected chi connectivity index (χ4v) is 2.97. The normalized spacial score (nSPS) is 16.8. The zero-order valence-corrected chi connectivity index (χ0v) is 14.0. The van der Waals surface area contributed by atoms with Crippen LogP contribution in [-0.4, -0.2) is 53.8 Å². The highest BCUT2D eigenvalue weighted by Gasteiger charge is 2.25. The number of morpholine rings is 1. The van der Waals surface area contributed by atoms with E-state index < -0.39 is 0 Å². The van der Waals surface area contributed by atoms with E-state index in [2.05, 4.69) is 20.4 Å². The van der Waals surface area contributed by atoms with Gasteiger partial charge in [0, 0.05) is 25.8 Å². The number of nitrogens with one attached hydrogen (secondary N) is 1. The highest BCUT2D eigenvalue weighted by Crippen LogP contribution is 2.20. The van der Waals surface area contributed by atoms with Gasteiger partial charge in [-0.1, -0.05) is 11.2 Å². The summed E-state index contributed by atoms with van der Waals surface area (Å²) < 4.78 is 10.5. The van der Waals surface area contributed by atoms with Crippen LogP contribution in [0.4, 0.5) is 0 Å². The summed E-state index contributed by atoms with van der Waals surface area (Å²) in [7, 11) is 0. The van der Waals surface area contributed by atoms with Gasteiger partial charge < -0.3 is 14.6 Å². The van der Waals surface area contributed by atoms with Crippen LogP contribution >= 0.6 is 0 Å². The van der Waals surface area contributed by atoms with Crippen molar-refractivity contribution < 1.29 is 14.1 Å². The van der Waals surface area contributed by atoms with Crippen LogP contribution in [-0.2, 0) is 4.74 Å². The zero-order chi connectivity index (χ0) is 16.9. The molecule has 24 heavy (non-hydrogen) atoms. The van der Waals surface area contributed by atoms with E-state index in [-0.39, 0.29) is 11.9 Å². The Hall–Kier alpha value is -2.25. The van der Waals surface area contributed by atoms with Crippen molar-refractivity contribution in [2.45, 2.75) is 19.9 Å². The smallest absolute Gasteiger partial charge is 0.256 e. The predicted molar refractivity (Wildman–Crippen MR) is 87.7 cm³/mol. The van der Waals surface area contributed by atoms with Crippen LogP contribution in [0.5, 0.6) is 0 Å². The Balaban J connectivity index is 1.73. The van der Waals surface area contributed by atoms with Gasteiger partial charge >= 0.3 is 0 Å². The summed E-state index contributed by atoms with van der Waals surface area (Å²) in [6.07, 6.45) is 1.78. The minimum absolute atomic E-state index is 0.0134. The van der Waals surface area contributed by atoms with Gasteiger partial charge in [-0.15, -0.1) is 0 Å². The molecular weight excluding hydrogens is 308 g/mol. The van der Waals surface area contributed by atoms with Crippen LogP contribution < -0.4 is 5.32 Å². The predicted octanol–water partition coefficient (Wildman–Crippen LogP) is 1.49. The second-order valence-corrected chi connectivity index (χ2v) is 5.83. The highest BCUT2D eigenvalue weighted by molar-refractivity contribution is 5.96. The lowest BCUT2D eigenvalue weighted by Crippen LogP contribution is -2.44. The van der Waals surface area contributed by atoms with Gasteiger partial charge in [-0.3, -0.25) is 14.7 Å². The van der Waals surface area contributed by atoms with E-state index in [1.807, 2.05) is 18.2 Å². The van der Waals surface area contributed by atoms with Crippen molar-refractivity contribution in [3.8, 4) is 0 Å². The molecule has 7 nitrogen and oxygen atoms in total. The van der Waals surface area contributed by atoms with E-state index in [0.29, 0.717) is 36.8 Å². The highest BCUT2D eigenvalue weighted by atomic mass is 16.5. The van der Waals surface area contributed by atoms with E-state index in [1.54, 1.807) is 20.0 Å². The molecule has 2 aromatic rings. The van der Waals surface area contributed by atoms with Crippen molar-refractivity contribution in [2.75, 3.05) is 32.8 Å². The third kappa shape index (κ3) is 3.63. The van der Waals surface area contributed by atoms with Crippen molar-refractivity contribution in [1.82, 2.24) is 20.4 Å². The molecule has 0 saturated carbocycles. The Kier molecular flexibility index (Phi) is 5.22. The third-order valence-electron chi connectivity index (χ3n) is 4.23. The molecule has 1 atom stereocenters. The number of carbonyl (C=O) groups excluding carboxylic acids is 1. The van der Waals surface area contributed by atoms with Crippen molar-refractivity contribution in [2.24, 2.45) is 0 Å². The first-order chi connectivity index (χ1) is 11.7. The van der Waals surface area contributed by atoms with Gasteiger partial charge in [-0.2, -0.15) is 0 Å². The lowest BCUT2D eigenvalue weighted by atomic mass is 10.1. The maximum absolute atomic E-state index is 12.5. The monoisotopic (exact) mass is 330 g/mol. The molecule has 1 N–H and O–H groups in total. The number of hydrogen-bond acceptors (Lipinski definition) is 6. The van der Waals surface area contributed by atoms with E-state index in [4.69, 9.17) is 9.26 Å². The van der Waals surface area contributed by atoms with Gasteiger partial charge in [0.05, 0.1) is 30.6 Å². The zero-order valence-electron chi connectivity index (χ0n) is 14.0. The topological polar surface area (TPSA) is 80.5 Å². The SMILES string of the molecule is Cc1noc(C)c1C(=O)NCC(c1ccccn1)N1CCOCC1. The number of nitrogens with zero attached hydrogens (tertiary/aromatic N) is 3. The molecule has 1 amide bonds. The number of aromatic nitrogens is 2. The third-order valence-corrected chi connectivity index (χ3v) is 4.23. The molecule has 2 aromatic heterocycles. The summed E-state index contributed by atoms with van der Waals surface area (Å²) >= 11 is 0. The van der Waals surface area contributed by atoms with Gasteiger partial charge in [0.1, 0.15) is 11.3 Å². The maximum Gasteiger partial charge on any atom is 0.256 e. The van der Waals surface area contributed by atoms with E-state index in [9.17, 15) is 4.79 Å². The number of amides is 1. The van der Waals surface area contributed by atoms with Crippen LogP contribution in [0, 0.1) is 13.8 Å². The van der Waals surface area contributed by atoms with Gasteiger partial charge in [0.2, 0.25) is 0 Å². The first-order valence-electron chi connectivity index (χ1n) is 8.10. The molecule has 1 aliphatic rings. The molecule has 1 aliphatic heterocycles. The largest absolute Gasteiger partial charge is 0.379 e. The van der Waals surface area contributed by atoms with Crippen LogP contribution in [0.3, 0.4) is 0 Å². The molecule has 1 unspecified atom stereocenters. The van der Waals surface area contributed by atoms with E-state index >= 15 is 0 Å². The van der Waals surface area contributed by atoms with Crippen molar-refractivity contribution >= 4 is 5.91 Å². The molecule has 1 fully saturated rings. The number of rotatable bonds is 5. The summed E-state index contributed by atoms with van der Waals surface area (Å²) in [5.74, 6) is 0.367. The number of pyridine rings is 1. The lowest BCUT2D eigenvalue weighted by Gasteiger charge is -2.34. The van der Waals surface area contributed by atoms with Gasteiger partial charge in [0.15, 0.2) is 0 Å². The molecule has 7 heteroatoms. The average molecular weight is 330 g/mol. The summed E-state index contributed by atoms with van der Waals surface area (Å²) in [6.45, 7) is 7.02. The Labute approximate surface area is 141 Å². The summed E-state index contributed by atoms with van der Waals surface area (Å²) in [5, 5.41) is 6.84. The molecule has 0 aliphatic carbocycles. The average Bonchev–Trinajstić information content (AvgIpc) is 2.95. The van der Waals surface area contributed by atoms with Crippen LogP contribution in [0.25, 0.3) is 0 Å². The summed E-state index contributed by atoms with van der Waals surface area (Å²) in [6, 6.07) is 5.86. The number of ether oxygens (including phenoxy) is 1. The lowest BCUT2D eigenvalue weighted by molar-refractivity contribution is 0.0154. The fourth-order valence-electron chi connectivity index (χ4n) is 2.97. The van der Waals surface area contributed by atoms with Crippen LogP contribution in [0.15, 0.2) is 28.9 Å². The molecule has 3 rings (SSSR count). The van der Waals surface area contributed by atoms with Crippen LogP contribution in [0.1, 0.15) is 33.5 Å². The minimum Gasteiger partial charge on any atom is -0.379 e. The molecular formula is C17H22N4O3. The Bertz CT molecular complexity index is 661. The first-order valence-corrected chi connectivity index (χ1v) is 8.10. The van der Waals surface area contributed by atoms with Crippen molar-refractivity contribution in [3.05, 3.63) is 47.1 Å². The Morgan fingerprint density at radius 1 is 1.33 bits per heavy atom. The van der Waals surface area contributed by atoms with Crippen molar-refractivity contribution in [1.29, 1.82) is 0 Å². The van der Waals surface area contributed by atoms with Gasteiger partial charge in [0.25, 0.3) is 5.91 Å². The summed E-state index contributed by atoms with van der Waals surface area (Å²) in [5.41, 5.74) is 2.06. The second kappa shape index (κ2) is 7.55. The van der Waals surface area contributed by atoms with Crippen molar-refractivity contribution in [3.63, 3.8) is 0 Å². The molecule has 0 spiro atoms. The van der Waals surface area contributed by atoms with Crippen LogP contribution in [0.2, 0.25) is 0 Å². The Morgan fingerprint density at radius 3 is 2.75 bits per heavy atom. The molecule has 0 bridgehead atoms. The van der Waals surface area contributed by atoms with E-state index in [0.717, 1.165) is 18.8 Å². The number of carbonyl (C=O) groups is 1. The maximum atomic E-state index is 12.5. The second-order valence-electron chi connectivity index (χ2n) is 5.83. The van der Waals surface area contributed by atoms with Gasteiger partial charge in [-0.25, -0.2) is 0 Å². The fraction of sp³-hybridized carbons (Fsp3) is 0.471. The molecule has 1 saturated heterocycles. The minimum atomic E-state index is -0.166. The molecule has 0 aromatic carbocycles. The Morgan fingerprint density at radius 2 is 2.12 bits per heavy atom. The van der Waals surface area contributed by atoms with E-state index in [1.165, 1.54) is 0 Å².